The predicted octanol–water partition coefficient (Wildman–Crippen LogP) is 2.07. The molecule has 0 unspecified atom stereocenters. The second-order valence-electron chi connectivity index (χ2n) is 6.71. The number of hydrogen-bond donors (Lipinski definition) is 2. The van der Waals surface area contributed by atoms with Gasteiger partial charge in [0.25, 0.3) is 11.8 Å². The van der Waals surface area contributed by atoms with Gasteiger partial charge in [-0.05, 0) is 37.6 Å². The molecule has 2 aromatic carbocycles. The van der Waals surface area contributed by atoms with E-state index in [-0.39, 0.29) is 37.3 Å². The van der Waals surface area contributed by atoms with Crippen molar-refractivity contribution in [3.8, 4) is 11.5 Å². The Morgan fingerprint density at radius 1 is 1.00 bits per heavy atom. The molecule has 0 saturated carbocycles. The Bertz CT molecular complexity index is 867. The van der Waals surface area contributed by atoms with Crippen LogP contribution >= 0.6 is 0 Å². The summed E-state index contributed by atoms with van der Waals surface area (Å²) in [4.78, 5) is 35.9. The molecule has 2 N–H and O–H groups in total. The molecule has 0 fully saturated rings. The largest absolute Gasteiger partial charge is 0.493 e. The molecule has 8 nitrogen and oxygen atoms in total. The highest BCUT2D eigenvalue weighted by molar-refractivity contribution is 5.96. The smallest absolute Gasteiger partial charge is 0.325 e. The fraction of sp³-hybridized carbons (Fsp3) is 0.318. The molecule has 0 spiro atoms. The first kappa shape index (κ1) is 22.7. The van der Waals surface area contributed by atoms with Crippen molar-refractivity contribution in [3.63, 3.8) is 0 Å². The van der Waals surface area contributed by atoms with E-state index in [0.717, 1.165) is 5.56 Å². The van der Waals surface area contributed by atoms with Crippen molar-refractivity contribution in [2.45, 2.75) is 26.5 Å². The molecule has 0 radical (unpaired) electrons. The van der Waals surface area contributed by atoms with Gasteiger partial charge >= 0.3 is 5.97 Å². The molecule has 30 heavy (non-hydrogen) atoms. The molecule has 0 aliphatic rings. The van der Waals surface area contributed by atoms with E-state index in [4.69, 9.17) is 14.2 Å². The number of amides is 2. The maximum atomic E-state index is 12.3. The van der Waals surface area contributed by atoms with Gasteiger partial charge in [0, 0.05) is 11.6 Å². The van der Waals surface area contributed by atoms with Crippen LogP contribution in [-0.2, 0) is 20.9 Å². The minimum atomic E-state index is -0.546. The molecule has 0 saturated heterocycles. The lowest BCUT2D eigenvalue weighted by Crippen LogP contribution is -2.34. The van der Waals surface area contributed by atoms with Gasteiger partial charge in [-0.25, -0.2) is 0 Å². The first-order chi connectivity index (χ1) is 14.4. The zero-order valence-electron chi connectivity index (χ0n) is 17.3. The number of nitrogens with one attached hydrogen (secondary N) is 2. The van der Waals surface area contributed by atoms with Gasteiger partial charge in [-0.2, -0.15) is 0 Å². The van der Waals surface area contributed by atoms with E-state index in [0.29, 0.717) is 11.5 Å². The number of carbonyl (C=O) groups is 3. The first-order valence-corrected chi connectivity index (χ1v) is 9.47. The minimum Gasteiger partial charge on any atom is -0.493 e. The molecule has 160 valence electrons. The maximum Gasteiger partial charge on any atom is 0.325 e. The Morgan fingerprint density at radius 2 is 1.73 bits per heavy atom. The number of carbonyl (C=O) groups excluding carboxylic acids is 3. The SMILES string of the molecule is COc1cc(C(=O)NCC(=O)OCc2ccccc2)ccc1OCC(=O)NC(C)C. The third-order valence-electron chi connectivity index (χ3n) is 3.87. The Hall–Kier alpha value is -3.55. The quantitative estimate of drug-likeness (QED) is 0.577. The summed E-state index contributed by atoms with van der Waals surface area (Å²) >= 11 is 0. The third-order valence-corrected chi connectivity index (χ3v) is 3.87. The minimum absolute atomic E-state index is 0.00782. The highest BCUT2D eigenvalue weighted by atomic mass is 16.5. The van der Waals surface area contributed by atoms with Crippen molar-refractivity contribution < 1.29 is 28.6 Å². The molecule has 0 aliphatic heterocycles. The number of benzene rings is 2. The van der Waals surface area contributed by atoms with Gasteiger partial charge in [0.1, 0.15) is 13.2 Å². The number of rotatable bonds is 10. The molecule has 2 amide bonds. The predicted molar refractivity (Wildman–Crippen MR) is 110 cm³/mol. The van der Waals surface area contributed by atoms with Crippen LogP contribution in [0, 0.1) is 0 Å². The number of ether oxygens (including phenoxy) is 3. The van der Waals surface area contributed by atoms with Gasteiger partial charge in [-0.15, -0.1) is 0 Å². The molecule has 0 atom stereocenters. The summed E-state index contributed by atoms with van der Waals surface area (Å²) < 4.78 is 15.8. The summed E-state index contributed by atoms with van der Waals surface area (Å²) in [5.74, 6) is -0.644. The highest BCUT2D eigenvalue weighted by Crippen LogP contribution is 2.28. The second kappa shape index (κ2) is 11.5. The van der Waals surface area contributed by atoms with Crippen LogP contribution in [0.3, 0.4) is 0 Å². The zero-order valence-corrected chi connectivity index (χ0v) is 17.3. The summed E-state index contributed by atoms with van der Waals surface area (Å²) in [5.41, 5.74) is 1.14. The second-order valence-corrected chi connectivity index (χ2v) is 6.71. The van der Waals surface area contributed by atoms with Gasteiger partial charge in [0.15, 0.2) is 18.1 Å². The average molecular weight is 414 g/mol. The van der Waals surface area contributed by atoms with Crippen LogP contribution in [0.15, 0.2) is 48.5 Å². The zero-order chi connectivity index (χ0) is 21.9. The topological polar surface area (TPSA) is 103 Å². The number of esters is 1. The van der Waals surface area contributed by atoms with E-state index >= 15 is 0 Å². The van der Waals surface area contributed by atoms with Crippen molar-refractivity contribution in [3.05, 3.63) is 59.7 Å². The third kappa shape index (κ3) is 7.46. The number of methoxy groups -OCH3 is 1. The van der Waals surface area contributed by atoms with Crippen LogP contribution in [0.1, 0.15) is 29.8 Å². The van der Waals surface area contributed by atoms with Crippen molar-refractivity contribution >= 4 is 17.8 Å². The van der Waals surface area contributed by atoms with E-state index in [1.165, 1.54) is 25.3 Å². The van der Waals surface area contributed by atoms with E-state index in [2.05, 4.69) is 10.6 Å². The monoisotopic (exact) mass is 414 g/mol. The summed E-state index contributed by atoms with van der Waals surface area (Å²) in [5, 5.41) is 5.22. The van der Waals surface area contributed by atoms with Gasteiger partial charge < -0.3 is 24.8 Å². The van der Waals surface area contributed by atoms with Crippen molar-refractivity contribution in [2.75, 3.05) is 20.3 Å². The van der Waals surface area contributed by atoms with E-state index in [1.807, 2.05) is 44.2 Å². The number of hydrogen-bond acceptors (Lipinski definition) is 6. The molecule has 8 heteroatoms. The molecule has 0 aliphatic carbocycles. The van der Waals surface area contributed by atoms with Crippen molar-refractivity contribution in [2.24, 2.45) is 0 Å². The molecular formula is C22H26N2O6. The fourth-order valence-electron chi connectivity index (χ4n) is 2.48. The average Bonchev–Trinajstić information content (AvgIpc) is 2.74. The molecular weight excluding hydrogens is 388 g/mol. The maximum absolute atomic E-state index is 12.3. The standard InChI is InChI=1S/C22H26N2O6/c1-15(2)24-20(25)14-29-18-10-9-17(11-19(18)28-3)22(27)23-12-21(26)30-13-16-7-5-4-6-8-16/h4-11,15H,12-14H2,1-3H3,(H,23,27)(H,24,25). The molecule has 2 aromatic rings. The molecule has 0 heterocycles. The Morgan fingerprint density at radius 3 is 2.40 bits per heavy atom. The lowest BCUT2D eigenvalue weighted by Gasteiger charge is -2.13. The summed E-state index contributed by atoms with van der Waals surface area (Å²) in [6.07, 6.45) is 0. The lowest BCUT2D eigenvalue weighted by molar-refractivity contribution is -0.143. The lowest BCUT2D eigenvalue weighted by atomic mass is 10.2. The van der Waals surface area contributed by atoms with Gasteiger partial charge in [0.2, 0.25) is 0 Å². The van der Waals surface area contributed by atoms with Crippen LogP contribution in [0.2, 0.25) is 0 Å². The van der Waals surface area contributed by atoms with Crippen molar-refractivity contribution in [1.82, 2.24) is 10.6 Å². The van der Waals surface area contributed by atoms with Crippen LogP contribution in [-0.4, -0.2) is 44.1 Å². The normalized spacial score (nSPS) is 10.3. The van der Waals surface area contributed by atoms with Crippen LogP contribution in [0.25, 0.3) is 0 Å². The molecule has 0 bridgehead atoms. The Labute approximate surface area is 175 Å². The Balaban J connectivity index is 1.86. The summed E-state index contributed by atoms with van der Waals surface area (Å²) in [6, 6.07) is 13.8. The van der Waals surface area contributed by atoms with Crippen molar-refractivity contribution in [1.29, 1.82) is 0 Å². The van der Waals surface area contributed by atoms with E-state index in [1.54, 1.807) is 0 Å². The Kier molecular flexibility index (Phi) is 8.68. The van der Waals surface area contributed by atoms with E-state index < -0.39 is 11.9 Å². The highest BCUT2D eigenvalue weighted by Gasteiger charge is 2.14. The van der Waals surface area contributed by atoms with Gasteiger partial charge in [0.05, 0.1) is 7.11 Å². The molecule has 0 aromatic heterocycles. The first-order valence-electron chi connectivity index (χ1n) is 9.47. The van der Waals surface area contributed by atoms with Crippen LogP contribution in [0.4, 0.5) is 0 Å². The fourth-order valence-corrected chi connectivity index (χ4v) is 2.48. The van der Waals surface area contributed by atoms with Gasteiger partial charge in [-0.1, -0.05) is 30.3 Å². The van der Waals surface area contributed by atoms with Gasteiger partial charge in [-0.3, -0.25) is 14.4 Å². The summed E-state index contributed by atoms with van der Waals surface area (Å²) in [7, 11) is 1.43. The van der Waals surface area contributed by atoms with Crippen LogP contribution < -0.4 is 20.1 Å². The van der Waals surface area contributed by atoms with Crippen LogP contribution in [0.5, 0.6) is 11.5 Å². The summed E-state index contributed by atoms with van der Waals surface area (Å²) in [6.45, 7) is 3.40. The van der Waals surface area contributed by atoms with E-state index in [9.17, 15) is 14.4 Å². The molecule has 2 rings (SSSR count).